The smallest absolute Gasteiger partial charge is 0.351 e. The molecule has 5 fully saturated rings. The summed E-state index contributed by atoms with van der Waals surface area (Å²) in [4.78, 5) is 114. The first-order valence-corrected chi connectivity index (χ1v) is 33.1. The number of aliphatic hydroxyl groups excluding tert-OH is 4. The monoisotopic (exact) mass is 1570 g/mol. The van der Waals surface area contributed by atoms with Crippen LogP contribution in [0.4, 0.5) is 36.6 Å². The van der Waals surface area contributed by atoms with Crippen molar-refractivity contribution in [3.8, 4) is 0 Å². The van der Waals surface area contributed by atoms with Crippen molar-refractivity contribution in [2.45, 2.75) is 163 Å². The van der Waals surface area contributed by atoms with Crippen molar-refractivity contribution >= 4 is 79.8 Å². The van der Waals surface area contributed by atoms with E-state index >= 15 is 0 Å². The van der Waals surface area contributed by atoms with E-state index in [2.05, 4.69) is 30.9 Å². The quantitative estimate of drug-likeness (QED) is 0.0537. The molecular formula is C56H70BrCl5F7N11O18. The number of anilines is 1. The first-order chi connectivity index (χ1) is 46.0. The zero-order valence-electron chi connectivity index (χ0n) is 52.5. The van der Waals surface area contributed by atoms with Gasteiger partial charge in [-0.15, -0.1) is 58.0 Å². The van der Waals surface area contributed by atoms with Crippen LogP contribution in [0.3, 0.4) is 0 Å². The fourth-order valence-electron chi connectivity index (χ4n) is 11.3. The lowest BCUT2D eigenvalue weighted by Crippen LogP contribution is -2.47. The van der Waals surface area contributed by atoms with Gasteiger partial charge in [-0.05, 0) is 35.2 Å². The van der Waals surface area contributed by atoms with E-state index in [1.54, 1.807) is 32.7 Å². The molecule has 10 rings (SSSR count). The first kappa shape index (κ1) is 81.4. The van der Waals surface area contributed by atoms with Crippen molar-refractivity contribution in [2.75, 3.05) is 48.3 Å². The molecule has 0 spiro atoms. The lowest BCUT2D eigenvalue weighted by molar-refractivity contribution is -0.115. The van der Waals surface area contributed by atoms with Gasteiger partial charge in [0.05, 0.1) is 76.3 Å². The number of alkyl halides is 10. The summed E-state index contributed by atoms with van der Waals surface area (Å²) in [6.07, 6.45) is -12.0. The highest BCUT2D eigenvalue weighted by atomic mass is 79.9. The SMILES string of the molecule is CC[C@@]1(CCl)O[C@@H](n2cc(Br)c(=O)[nH]c2=O)[C@H](F)[C@@H]1C.CC[C@@]1(CCl)O[C@@H](n2cc(F)c(=O)[nH]c2=O)[C@H](F)[C@@H]1C.CC[C@@]1(CCl)O[C@@H](n2ccc(=O)[nH]c2=O)[C@H](F)[C@@H]1C.Nc1nc(=O)n([C@@H]2O[C@@](CO)(CCl)[C@@H](O)[C@H]2F)cc1F.O=c1ccn([C@@H]2O[C@@](CO)(CCl)[C@@H](O)[C@H]2F)c(=O)[nH]1. The van der Waals surface area contributed by atoms with Crippen molar-refractivity contribution in [3.05, 3.63) is 153 Å². The van der Waals surface area contributed by atoms with Crippen molar-refractivity contribution in [3.63, 3.8) is 0 Å². The summed E-state index contributed by atoms with van der Waals surface area (Å²) in [5.41, 5.74) is -7.98. The second kappa shape index (κ2) is 33.1. The summed E-state index contributed by atoms with van der Waals surface area (Å²) >= 11 is 31.9. The predicted molar refractivity (Wildman–Crippen MR) is 343 cm³/mol. The average Bonchev–Trinajstić information content (AvgIpc) is 1.65. The minimum Gasteiger partial charge on any atom is -0.393 e. The number of aromatic amines is 4. The number of halogens is 13. The zero-order chi connectivity index (χ0) is 73.6. The summed E-state index contributed by atoms with van der Waals surface area (Å²) < 4.78 is 130. The molecule has 0 saturated carbocycles. The number of nitrogens with two attached hydrogens (primary N) is 1. The van der Waals surface area contributed by atoms with E-state index in [-0.39, 0.29) is 28.0 Å². The van der Waals surface area contributed by atoms with Crippen LogP contribution in [0.2, 0.25) is 0 Å². The third kappa shape index (κ3) is 15.9. The maximum Gasteiger partial charge on any atom is 0.351 e. The molecule has 10 N–H and O–H groups in total. The van der Waals surface area contributed by atoms with E-state index in [9.17, 15) is 94.3 Å². The van der Waals surface area contributed by atoms with Gasteiger partial charge >= 0.3 is 28.4 Å². The molecule has 29 nitrogen and oxygen atoms in total. The summed E-state index contributed by atoms with van der Waals surface area (Å²) in [6, 6.07) is 2.18. The minimum atomic E-state index is -2.09. The predicted octanol–water partition coefficient (Wildman–Crippen LogP) is 3.08. The van der Waals surface area contributed by atoms with Crippen LogP contribution < -0.4 is 56.4 Å². The Bertz CT molecular complexity index is 3920. The maximum atomic E-state index is 14.5. The fourth-order valence-corrected chi connectivity index (χ4v) is 13.7. The topological polar surface area (TPSA) is 407 Å². The number of aliphatic hydroxyl groups is 4. The number of aromatic nitrogens is 10. The van der Waals surface area contributed by atoms with Crippen LogP contribution in [-0.2, 0) is 23.7 Å². The van der Waals surface area contributed by atoms with Gasteiger partial charge in [-0.25, -0.2) is 50.3 Å². The molecule has 548 valence electrons. The largest absolute Gasteiger partial charge is 0.393 e. The van der Waals surface area contributed by atoms with Gasteiger partial charge < -0.3 is 49.8 Å². The van der Waals surface area contributed by atoms with Gasteiger partial charge in [-0.3, -0.25) is 61.9 Å². The molecule has 42 heteroatoms. The second-order valence-electron chi connectivity index (χ2n) is 23.4. The molecule has 5 aliphatic rings. The Balaban J connectivity index is 0.000000193. The average molecular weight is 1580 g/mol. The minimum absolute atomic E-state index is 0.0577. The van der Waals surface area contributed by atoms with Crippen LogP contribution >= 0.6 is 73.9 Å². The molecule has 0 amide bonds. The Kier molecular flexibility index (Phi) is 27.5. The summed E-state index contributed by atoms with van der Waals surface area (Å²) in [5.74, 6) is -4.70. The highest BCUT2D eigenvalue weighted by Crippen LogP contribution is 2.48. The third-order valence-corrected chi connectivity index (χ3v) is 20.9. The Labute approximate surface area is 581 Å². The van der Waals surface area contributed by atoms with Crippen LogP contribution in [0.25, 0.3) is 0 Å². The third-order valence-electron chi connectivity index (χ3n) is 18.1. The van der Waals surface area contributed by atoms with Crippen LogP contribution in [0.15, 0.2) is 90.7 Å². The number of nitrogen functional groups attached to an aromatic ring is 1. The molecule has 0 unspecified atom stereocenters. The molecule has 5 aromatic rings. The normalized spacial score (nSPS) is 34.0. The number of hydrogen-bond donors (Lipinski definition) is 9. The van der Waals surface area contributed by atoms with E-state index in [0.29, 0.717) is 36.2 Å². The Morgan fingerprint density at radius 1 is 0.490 bits per heavy atom. The molecule has 20 atom stereocenters. The number of ether oxygens (including phenoxy) is 5. The molecular weight excluding hydrogens is 1500 g/mol. The van der Waals surface area contributed by atoms with Gasteiger partial charge in [0.25, 0.3) is 22.2 Å². The lowest BCUT2D eigenvalue weighted by Gasteiger charge is -2.29. The van der Waals surface area contributed by atoms with E-state index in [1.165, 1.54) is 12.4 Å². The van der Waals surface area contributed by atoms with Gasteiger partial charge in [-0.2, -0.15) is 9.37 Å². The molecule has 0 radical (unpaired) electrons. The lowest BCUT2D eigenvalue weighted by atomic mass is 9.87. The van der Waals surface area contributed by atoms with Crippen LogP contribution in [0.5, 0.6) is 0 Å². The molecule has 0 bridgehead atoms. The Morgan fingerprint density at radius 3 is 1.12 bits per heavy atom. The van der Waals surface area contributed by atoms with Crippen LogP contribution in [0, 0.1) is 29.4 Å². The number of hydrogen-bond acceptors (Lipinski definition) is 20. The molecule has 10 heterocycles. The fraction of sp³-hybridized carbons (Fsp3) is 0.643. The van der Waals surface area contributed by atoms with E-state index in [1.807, 2.05) is 18.8 Å². The van der Waals surface area contributed by atoms with Gasteiger partial charge in [0, 0.05) is 48.5 Å². The number of nitrogens with one attached hydrogen (secondary N) is 4. The summed E-state index contributed by atoms with van der Waals surface area (Å²) in [7, 11) is 0. The Morgan fingerprint density at radius 2 is 0.796 bits per heavy atom. The standard InChI is InChI=1S/C12H15BrClFN2O3.C12H15ClF2N2O3.C12H16ClFN2O3.C10H12ClF2N3O4.C10H12ClFN2O5/c1-3-12(5-14)6(2)8(15)10(20-12)17-4-7(13)9(18)16-11(17)19;1-3-12(5-13)6(2)8(15)10(20-12)17-4-7(14)9(18)16-11(17)19;1-3-12(6-13)7(2)9(14)10(19-12)16-5-4-8(17)15-11(16)18;11-2-10(3-17)6(18)5(13)8(20-10)16-1-4(12)7(14)15-9(16)19;11-3-10(4-15)7(17)6(12)8(19-10)14-2-1-5(16)13-9(14)18/h2*4,6,8,10H,3,5H2,1-2H3,(H,16,18,19);4-5,7,9-10H,3,6H2,1-2H3,(H,15,17,18);1,5-6,8,17-18H,2-3H2,(H2,14,15,19);1-2,6-8,15,17H,3-4H2,(H,13,16,18)/t2*6-,8+,10+,12-;7-,9+,10+,12-;5-,6+,8-,10-;6-,7+,8-,10-/m00011/s1. The molecule has 98 heavy (non-hydrogen) atoms. The second-order valence-corrected chi connectivity index (χ2v) is 25.6. The molecule has 0 aliphatic carbocycles. The van der Waals surface area contributed by atoms with E-state index in [0.717, 1.165) is 36.6 Å². The first-order valence-electron chi connectivity index (χ1n) is 29.6. The summed E-state index contributed by atoms with van der Waals surface area (Å²) in [5, 5.41) is 37.9. The highest BCUT2D eigenvalue weighted by molar-refractivity contribution is 9.10. The van der Waals surface area contributed by atoms with Gasteiger partial charge in [0.15, 0.2) is 73.6 Å². The molecule has 5 aliphatic heterocycles. The van der Waals surface area contributed by atoms with Crippen LogP contribution in [0.1, 0.15) is 91.9 Å². The van der Waals surface area contributed by atoms with Crippen molar-refractivity contribution in [1.82, 2.24) is 47.8 Å². The van der Waals surface area contributed by atoms with E-state index < -0.39 is 207 Å². The summed E-state index contributed by atoms with van der Waals surface area (Å²) in [6.45, 7) is 9.10. The highest BCUT2D eigenvalue weighted by Gasteiger charge is 2.59. The number of nitrogens with zero attached hydrogens (tertiary/aromatic N) is 6. The Hall–Kier alpha value is -5.52. The molecule has 5 aromatic heterocycles. The van der Waals surface area contributed by atoms with Gasteiger partial charge in [0.1, 0.15) is 23.4 Å². The number of rotatable bonds is 15. The van der Waals surface area contributed by atoms with Crippen molar-refractivity contribution in [1.29, 1.82) is 0 Å². The molecule has 0 aromatic carbocycles. The van der Waals surface area contributed by atoms with Crippen molar-refractivity contribution in [2.24, 2.45) is 17.8 Å². The number of H-pyrrole nitrogens is 4. The maximum absolute atomic E-state index is 14.5. The molecule has 5 saturated heterocycles. The zero-order valence-corrected chi connectivity index (χ0v) is 57.8. The van der Waals surface area contributed by atoms with E-state index in [4.69, 9.17) is 87.4 Å². The van der Waals surface area contributed by atoms with Crippen LogP contribution in [-0.4, -0.2) is 182 Å². The van der Waals surface area contributed by atoms with Gasteiger partial charge in [0.2, 0.25) is 5.82 Å². The van der Waals surface area contributed by atoms with Crippen molar-refractivity contribution < 1.29 is 74.8 Å². The van der Waals surface area contributed by atoms with Gasteiger partial charge in [-0.1, -0.05) is 41.5 Å².